The summed E-state index contributed by atoms with van der Waals surface area (Å²) in [5, 5.41) is 22.7. The van der Waals surface area contributed by atoms with Gasteiger partial charge in [0.05, 0.1) is 12.2 Å². The van der Waals surface area contributed by atoms with Crippen LogP contribution in [0.1, 0.15) is 18.4 Å². The van der Waals surface area contributed by atoms with Gasteiger partial charge in [-0.05, 0) is 30.7 Å². The minimum atomic E-state index is -1.85. The van der Waals surface area contributed by atoms with E-state index in [9.17, 15) is 27.9 Å². The molecule has 0 aromatic heterocycles. The van der Waals surface area contributed by atoms with Crippen molar-refractivity contribution in [3.05, 3.63) is 52.3 Å². The Hall–Kier alpha value is -3.18. The minimum Gasteiger partial charge on any atom is -0.490 e. The Balaban J connectivity index is 1.56. The number of benzene rings is 2. The molecule has 8 nitrogen and oxygen atoms in total. The first-order valence-corrected chi connectivity index (χ1v) is 10.7. The van der Waals surface area contributed by atoms with Crippen LogP contribution in [0.2, 0.25) is 5.02 Å². The number of nitrogens with zero attached hydrogens (tertiary/aromatic N) is 1. The molecule has 182 valence electrons. The average Bonchev–Trinajstić information content (AvgIpc) is 2.75. The summed E-state index contributed by atoms with van der Waals surface area (Å²) in [6, 6.07) is 4.29. The van der Waals surface area contributed by atoms with Crippen LogP contribution in [-0.2, 0) is 16.0 Å². The van der Waals surface area contributed by atoms with E-state index in [2.05, 4.69) is 5.32 Å². The van der Waals surface area contributed by atoms with E-state index in [1.54, 1.807) is 0 Å². The van der Waals surface area contributed by atoms with Gasteiger partial charge in [-0.2, -0.15) is 0 Å². The molecule has 0 spiro atoms. The largest absolute Gasteiger partial charge is 0.506 e. The number of hydrogen-bond acceptors (Lipinski definition) is 6. The van der Waals surface area contributed by atoms with Gasteiger partial charge in [0.25, 0.3) is 0 Å². The highest BCUT2D eigenvalue weighted by atomic mass is 35.5. The molecule has 2 unspecified atom stereocenters. The molecule has 12 heteroatoms. The summed E-state index contributed by atoms with van der Waals surface area (Å²) < 4.78 is 53.5. The molecule has 1 amide bonds. The van der Waals surface area contributed by atoms with Gasteiger partial charge in [0.1, 0.15) is 29.5 Å². The lowest BCUT2D eigenvalue weighted by molar-refractivity contribution is -0.119. The molecule has 2 heterocycles. The molecule has 0 radical (unpaired) electrons. The number of piperidine rings is 1. The van der Waals surface area contributed by atoms with E-state index in [-0.39, 0.29) is 54.7 Å². The van der Waals surface area contributed by atoms with Crippen LogP contribution in [0, 0.1) is 17.5 Å². The summed E-state index contributed by atoms with van der Waals surface area (Å²) in [7, 11) is 0. The van der Waals surface area contributed by atoms with Gasteiger partial charge in [0, 0.05) is 30.0 Å². The first-order chi connectivity index (χ1) is 16.1. The number of amides is 1. The predicted octanol–water partition coefficient (Wildman–Crippen LogP) is 3.73. The first kappa shape index (κ1) is 24.0. The molecule has 1 fully saturated rings. The summed E-state index contributed by atoms with van der Waals surface area (Å²) in [5.74, 6) is -2.66. The lowest BCUT2D eigenvalue weighted by Gasteiger charge is -2.44. The van der Waals surface area contributed by atoms with Gasteiger partial charge in [-0.3, -0.25) is 4.79 Å². The highest BCUT2D eigenvalue weighted by Gasteiger charge is 2.46. The molecule has 2 aromatic carbocycles. The number of anilines is 2. The maximum absolute atomic E-state index is 14.4. The molecule has 3 N–H and O–H groups in total. The highest BCUT2D eigenvalue weighted by Crippen LogP contribution is 2.36. The number of hydrogen-bond donors (Lipinski definition) is 3. The standard InChI is InChI=1S/C22H20ClF3N2O6/c23-11-7-14(25)20(15(26)8-11)28-6-5-22(32,17(9-28)34-21(30)31)10-33-16-3-2-13(24)19-12(16)1-4-18(29)27-19/h2-3,7-8,17,32H,1,4-6,9-10H2,(H,27,29)(H,30,31). The minimum absolute atomic E-state index is 0.0115. The number of halogens is 4. The van der Waals surface area contributed by atoms with E-state index in [0.29, 0.717) is 5.56 Å². The second kappa shape index (κ2) is 9.22. The summed E-state index contributed by atoms with van der Waals surface area (Å²) in [5.41, 5.74) is -1.88. The number of fused-ring (bicyclic) bond motifs is 1. The molecule has 4 rings (SSSR count). The van der Waals surface area contributed by atoms with Crippen molar-refractivity contribution in [2.24, 2.45) is 0 Å². The number of rotatable bonds is 5. The SMILES string of the molecule is O=C1CCc2c(OCC3(O)CCN(c4c(F)cc(Cl)cc4F)CC3OC(=O)O)ccc(F)c2N1. The zero-order chi connectivity index (χ0) is 24.6. The highest BCUT2D eigenvalue weighted by molar-refractivity contribution is 6.30. The van der Waals surface area contributed by atoms with Crippen molar-refractivity contribution in [2.75, 3.05) is 29.9 Å². The van der Waals surface area contributed by atoms with Crippen molar-refractivity contribution in [1.29, 1.82) is 0 Å². The van der Waals surface area contributed by atoms with E-state index in [1.807, 2.05) is 0 Å². The molecule has 0 bridgehead atoms. The molecule has 2 aromatic rings. The Morgan fingerprint density at radius 1 is 1.21 bits per heavy atom. The van der Waals surface area contributed by atoms with Gasteiger partial charge in [-0.1, -0.05) is 11.6 Å². The monoisotopic (exact) mass is 500 g/mol. The second-order valence-corrected chi connectivity index (χ2v) is 8.56. The van der Waals surface area contributed by atoms with E-state index >= 15 is 0 Å². The number of nitrogens with one attached hydrogen (secondary N) is 1. The van der Waals surface area contributed by atoms with Crippen molar-refractivity contribution in [1.82, 2.24) is 0 Å². The molecule has 2 aliphatic heterocycles. The lowest BCUT2D eigenvalue weighted by Crippen LogP contribution is -2.60. The van der Waals surface area contributed by atoms with Crippen molar-refractivity contribution >= 4 is 35.0 Å². The number of carbonyl (C=O) groups excluding carboxylic acids is 1. The van der Waals surface area contributed by atoms with Crippen LogP contribution >= 0.6 is 11.6 Å². The molecule has 0 aliphatic carbocycles. The molecule has 2 atom stereocenters. The maximum Gasteiger partial charge on any atom is 0.506 e. The molecule has 2 aliphatic rings. The van der Waals surface area contributed by atoms with Gasteiger partial charge < -0.3 is 29.9 Å². The van der Waals surface area contributed by atoms with Crippen LogP contribution in [0.15, 0.2) is 24.3 Å². The normalized spacial score (nSPS) is 22.1. The van der Waals surface area contributed by atoms with Crippen LogP contribution in [0.4, 0.5) is 29.3 Å². The fraction of sp³-hybridized carbons (Fsp3) is 0.364. The van der Waals surface area contributed by atoms with E-state index in [4.69, 9.17) is 26.2 Å². The summed E-state index contributed by atoms with van der Waals surface area (Å²) in [6.45, 7) is -0.859. The van der Waals surface area contributed by atoms with E-state index < -0.39 is 47.6 Å². The fourth-order valence-corrected chi connectivity index (χ4v) is 4.38. The average molecular weight is 501 g/mol. The predicted molar refractivity (Wildman–Crippen MR) is 115 cm³/mol. The number of ether oxygens (including phenoxy) is 2. The van der Waals surface area contributed by atoms with Crippen molar-refractivity contribution in [3.8, 4) is 5.75 Å². The van der Waals surface area contributed by atoms with Crippen molar-refractivity contribution < 1.29 is 42.4 Å². The quantitative estimate of drug-likeness (QED) is 0.537. The van der Waals surface area contributed by atoms with E-state index in [1.165, 1.54) is 11.0 Å². The number of carbonyl (C=O) groups is 2. The van der Waals surface area contributed by atoms with E-state index in [0.717, 1.165) is 18.2 Å². The molecule has 1 saturated heterocycles. The zero-order valence-electron chi connectivity index (χ0n) is 17.6. The number of aliphatic hydroxyl groups is 1. The summed E-state index contributed by atoms with van der Waals surface area (Å²) in [4.78, 5) is 24.1. The Kier molecular flexibility index (Phi) is 6.50. The second-order valence-electron chi connectivity index (χ2n) is 8.13. The lowest BCUT2D eigenvalue weighted by atomic mass is 9.88. The molecule has 34 heavy (non-hydrogen) atoms. The van der Waals surface area contributed by atoms with Gasteiger partial charge >= 0.3 is 6.16 Å². The summed E-state index contributed by atoms with van der Waals surface area (Å²) >= 11 is 5.67. The smallest absolute Gasteiger partial charge is 0.490 e. The Morgan fingerprint density at radius 2 is 1.91 bits per heavy atom. The number of carboxylic acid groups (broad SMARTS) is 1. The maximum atomic E-state index is 14.4. The van der Waals surface area contributed by atoms with Crippen molar-refractivity contribution in [2.45, 2.75) is 31.0 Å². The van der Waals surface area contributed by atoms with Crippen LogP contribution in [-0.4, -0.2) is 53.7 Å². The van der Waals surface area contributed by atoms with Crippen LogP contribution < -0.4 is 15.0 Å². The fourth-order valence-electron chi connectivity index (χ4n) is 4.19. The van der Waals surface area contributed by atoms with Gasteiger partial charge in [0.15, 0.2) is 17.7 Å². The van der Waals surface area contributed by atoms with Gasteiger partial charge in [-0.15, -0.1) is 0 Å². The summed E-state index contributed by atoms with van der Waals surface area (Å²) in [6.07, 6.45) is -2.94. The third kappa shape index (κ3) is 4.71. The molecular formula is C22H20ClF3N2O6. The van der Waals surface area contributed by atoms with Crippen LogP contribution in [0.25, 0.3) is 0 Å². The molecule has 0 saturated carbocycles. The topological polar surface area (TPSA) is 108 Å². The van der Waals surface area contributed by atoms with Crippen molar-refractivity contribution in [3.63, 3.8) is 0 Å². The Labute approximate surface area is 196 Å². The van der Waals surface area contributed by atoms with Gasteiger partial charge in [-0.25, -0.2) is 18.0 Å². The van der Waals surface area contributed by atoms with Crippen LogP contribution in [0.3, 0.4) is 0 Å². The molecular weight excluding hydrogens is 481 g/mol. The van der Waals surface area contributed by atoms with Gasteiger partial charge in [0.2, 0.25) is 5.91 Å². The third-order valence-electron chi connectivity index (χ3n) is 5.90. The third-order valence-corrected chi connectivity index (χ3v) is 6.12. The van der Waals surface area contributed by atoms with Crippen LogP contribution in [0.5, 0.6) is 5.75 Å². The Morgan fingerprint density at radius 3 is 2.59 bits per heavy atom. The first-order valence-electron chi connectivity index (χ1n) is 10.3. The zero-order valence-corrected chi connectivity index (χ0v) is 18.4. The Bertz CT molecular complexity index is 1130.